The number of carbonyl (C=O) groups excluding carboxylic acids is 1. The van der Waals surface area contributed by atoms with Gasteiger partial charge in [0.05, 0.1) is 0 Å². The van der Waals surface area contributed by atoms with Crippen LogP contribution in [0.5, 0.6) is 0 Å². The number of aliphatic carboxylic acids is 1. The minimum Gasteiger partial charge on any atom is -0.481 e. The Hall–Kier alpha value is -2.56. The number of carboxylic acid groups (broad SMARTS) is 1. The Kier molecular flexibility index (Phi) is 3.25. The minimum absolute atomic E-state index is 0.135. The summed E-state index contributed by atoms with van der Waals surface area (Å²) in [5.41, 5.74) is 1.31. The molecule has 1 aromatic carbocycles. The number of hydrogen-bond acceptors (Lipinski definition) is 3. The van der Waals surface area contributed by atoms with Crippen LogP contribution in [0.25, 0.3) is 0 Å². The first kappa shape index (κ1) is 13.4. The van der Waals surface area contributed by atoms with Gasteiger partial charge in [-0.3, -0.25) is 9.59 Å². The topological polar surface area (TPSA) is 70.8 Å². The van der Waals surface area contributed by atoms with Crippen LogP contribution >= 0.6 is 0 Å². The van der Waals surface area contributed by atoms with E-state index in [1.807, 2.05) is 6.92 Å². The highest BCUT2D eigenvalue weighted by Gasteiger charge is 2.37. The molecule has 1 unspecified atom stereocenters. The number of hydrogen-bond donors (Lipinski definition) is 1. The number of nitrogens with zero attached hydrogens (tertiary/aromatic N) is 1. The van der Waals surface area contributed by atoms with E-state index in [1.165, 1.54) is 4.90 Å². The lowest BCUT2D eigenvalue weighted by Gasteiger charge is -2.15. The van der Waals surface area contributed by atoms with Gasteiger partial charge >= 0.3 is 5.97 Å². The zero-order valence-electron chi connectivity index (χ0n) is 11.6. The van der Waals surface area contributed by atoms with E-state index >= 15 is 0 Å². The van der Waals surface area contributed by atoms with E-state index in [2.05, 4.69) is 0 Å². The SMILES string of the molecule is CCc1ccc(C(=O)N2CC(C(=O)O)c3ccccc32)o1. The Balaban J connectivity index is 1.96. The standard InChI is InChI=1S/C16H15NO4/c1-2-10-7-8-14(21-10)15(18)17-9-12(16(19)20)11-5-3-4-6-13(11)17/h3-8,12H,2,9H2,1H3,(H,19,20). The van der Waals surface area contributed by atoms with E-state index in [9.17, 15) is 14.7 Å². The molecule has 5 nitrogen and oxygen atoms in total. The Bertz CT molecular complexity index is 704. The van der Waals surface area contributed by atoms with Crippen molar-refractivity contribution in [3.05, 3.63) is 53.5 Å². The van der Waals surface area contributed by atoms with Gasteiger partial charge in [-0.2, -0.15) is 0 Å². The summed E-state index contributed by atoms with van der Waals surface area (Å²) >= 11 is 0. The number of carbonyl (C=O) groups is 2. The molecule has 5 heteroatoms. The van der Waals surface area contributed by atoms with Crippen LogP contribution in [0.2, 0.25) is 0 Å². The summed E-state index contributed by atoms with van der Waals surface area (Å²) in [7, 11) is 0. The summed E-state index contributed by atoms with van der Waals surface area (Å²) < 4.78 is 5.48. The summed E-state index contributed by atoms with van der Waals surface area (Å²) in [6.45, 7) is 2.08. The second-order valence-electron chi connectivity index (χ2n) is 4.98. The van der Waals surface area contributed by atoms with Crippen LogP contribution in [0.1, 0.15) is 34.7 Å². The fraction of sp³-hybridized carbons (Fsp3) is 0.250. The predicted molar refractivity (Wildman–Crippen MR) is 76.6 cm³/mol. The number of fused-ring (bicyclic) bond motifs is 1. The Morgan fingerprint density at radius 2 is 2.05 bits per heavy atom. The van der Waals surface area contributed by atoms with E-state index in [0.29, 0.717) is 17.7 Å². The van der Waals surface area contributed by atoms with Gasteiger partial charge in [-0.15, -0.1) is 0 Å². The van der Waals surface area contributed by atoms with Crippen molar-refractivity contribution in [2.45, 2.75) is 19.3 Å². The van der Waals surface area contributed by atoms with E-state index in [1.54, 1.807) is 36.4 Å². The molecule has 0 saturated heterocycles. The second-order valence-corrected chi connectivity index (χ2v) is 4.98. The molecule has 21 heavy (non-hydrogen) atoms. The average molecular weight is 285 g/mol. The zero-order chi connectivity index (χ0) is 15.0. The highest BCUT2D eigenvalue weighted by molar-refractivity contribution is 6.07. The van der Waals surface area contributed by atoms with Gasteiger partial charge in [0.25, 0.3) is 5.91 Å². The van der Waals surface area contributed by atoms with Crippen LogP contribution in [0.15, 0.2) is 40.8 Å². The Morgan fingerprint density at radius 1 is 1.29 bits per heavy atom. The number of benzene rings is 1. The van der Waals surface area contributed by atoms with Gasteiger partial charge in [-0.25, -0.2) is 0 Å². The molecule has 2 aromatic rings. The largest absolute Gasteiger partial charge is 0.481 e. The molecule has 1 N–H and O–H groups in total. The summed E-state index contributed by atoms with van der Waals surface area (Å²) in [4.78, 5) is 25.4. The van der Waals surface area contributed by atoms with Crippen molar-refractivity contribution in [2.24, 2.45) is 0 Å². The molecule has 1 atom stereocenters. The van der Waals surface area contributed by atoms with Crippen LogP contribution < -0.4 is 4.90 Å². The number of aryl methyl sites for hydroxylation is 1. The minimum atomic E-state index is -0.925. The highest BCUT2D eigenvalue weighted by atomic mass is 16.4. The second kappa shape index (κ2) is 5.09. The van der Waals surface area contributed by atoms with Crippen LogP contribution in [0.4, 0.5) is 5.69 Å². The molecule has 0 aliphatic carbocycles. The van der Waals surface area contributed by atoms with Crippen molar-refractivity contribution in [2.75, 3.05) is 11.4 Å². The lowest BCUT2D eigenvalue weighted by molar-refractivity contribution is -0.138. The molecular weight excluding hydrogens is 270 g/mol. The molecule has 0 radical (unpaired) electrons. The van der Waals surface area contributed by atoms with E-state index in [-0.39, 0.29) is 18.2 Å². The summed E-state index contributed by atoms with van der Waals surface area (Å²) in [5.74, 6) is -0.934. The number of rotatable bonds is 3. The van der Waals surface area contributed by atoms with Crippen LogP contribution in [-0.2, 0) is 11.2 Å². The quantitative estimate of drug-likeness (QED) is 0.941. The van der Waals surface area contributed by atoms with Crippen LogP contribution in [0.3, 0.4) is 0 Å². The zero-order valence-corrected chi connectivity index (χ0v) is 11.6. The summed E-state index contributed by atoms with van der Waals surface area (Å²) in [6, 6.07) is 10.5. The number of furan rings is 1. The molecule has 0 spiro atoms. The fourth-order valence-corrected chi connectivity index (χ4v) is 2.63. The molecule has 108 valence electrons. The third-order valence-corrected chi connectivity index (χ3v) is 3.73. The maximum absolute atomic E-state index is 12.5. The molecule has 0 bridgehead atoms. The van der Waals surface area contributed by atoms with Crippen molar-refractivity contribution < 1.29 is 19.1 Å². The maximum Gasteiger partial charge on any atom is 0.312 e. The number of amides is 1. The van der Waals surface area contributed by atoms with Crippen molar-refractivity contribution in [1.82, 2.24) is 0 Å². The van der Waals surface area contributed by atoms with E-state index in [0.717, 1.165) is 5.76 Å². The van der Waals surface area contributed by atoms with Crippen molar-refractivity contribution in [3.8, 4) is 0 Å². The maximum atomic E-state index is 12.5. The Morgan fingerprint density at radius 3 is 2.71 bits per heavy atom. The average Bonchev–Trinajstić information content (AvgIpc) is 3.11. The molecule has 3 rings (SSSR count). The van der Waals surface area contributed by atoms with Crippen molar-refractivity contribution >= 4 is 17.6 Å². The summed E-state index contributed by atoms with van der Waals surface area (Å²) in [5, 5.41) is 9.31. The molecule has 1 aromatic heterocycles. The molecule has 0 saturated carbocycles. The Labute approximate surface area is 121 Å². The third-order valence-electron chi connectivity index (χ3n) is 3.73. The molecular formula is C16H15NO4. The van der Waals surface area contributed by atoms with Crippen LogP contribution in [-0.4, -0.2) is 23.5 Å². The summed E-state index contributed by atoms with van der Waals surface area (Å²) in [6.07, 6.45) is 0.710. The molecule has 0 fully saturated rings. The first-order valence-corrected chi connectivity index (χ1v) is 6.84. The lowest BCUT2D eigenvalue weighted by atomic mass is 10.0. The van der Waals surface area contributed by atoms with Crippen LogP contribution in [0, 0.1) is 0 Å². The number of anilines is 1. The number of carboxylic acids is 1. The fourth-order valence-electron chi connectivity index (χ4n) is 2.63. The third kappa shape index (κ3) is 2.20. The first-order chi connectivity index (χ1) is 10.1. The van der Waals surface area contributed by atoms with Crippen molar-refractivity contribution in [1.29, 1.82) is 0 Å². The predicted octanol–water partition coefficient (Wildman–Crippen LogP) is 2.67. The van der Waals surface area contributed by atoms with E-state index in [4.69, 9.17) is 4.42 Å². The van der Waals surface area contributed by atoms with Crippen molar-refractivity contribution in [3.63, 3.8) is 0 Å². The van der Waals surface area contributed by atoms with Gasteiger partial charge in [-0.05, 0) is 23.8 Å². The van der Waals surface area contributed by atoms with Gasteiger partial charge < -0.3 is 14.4 Å². The van der Waals surface area contributed by atoms with Gasteiger partial charge in [0.1, 0.15) is 11.7 Å². The lowest BCUT2D eigenvalue weighted by Crippen LogP contribution is -2.30. The highest BCUT2D eigenvalue weighted by Crippen LogP contribution is 2.37. The van der Waals surface area contributed by atoms with Gasteiger partial charge in [0.2, 0.25) is 0 Å². The number of para-hydroxylation sites is 1. The smallest absolute Gasteiger partial charge is 0.312 e. The molecule has 1 amide bonds. The molecule has 1 aliphatic rings. The molecule has 1 aliphatic heterocycles. The van der Waals surface area contributed by atoms with E-state index < -0.39 is 11.9 Å². The molecule has 2 heterocycles. The normalized spacial score (nSPS) is 16.8. The monoisotopic (exact) mass is 285 g/mol. The van der Waals surface area contributed by atoms with Gasteiger partial charge in [0, 0.05) is 18.7 Å². The first-order valence-electron chi connectivity index (χ1n) is 6.84. The van der Waals surface area contributed by atoms with Gasteiger partial charge in [0.15, 0.2) is 5.76 Å². The van der Waals surface area contributed by atoms with Gasteiger partial charge in [-0.1, -0.05) is 25.1 Å².